The molecule has 0 spiro atoms. The molecule has 0 aliphatic carbocycles. The topological polar surface area (TPSA) is 18.5 Å². The van der Waals surface area contributed by atoms with Gasteiger partial charge in [-0.15, -0.1) is 24.8 Å². The van der Waals surface area contributed by atoms with Crippen LogP contribution in [0.25, 0.3) is 0 Å². The molecule has 3 rings (SSSR count). The van der Waals surface area contributed by atoms with Gasteiger partial charge in [0.2, 0.25) is 0 Å². The van der Waals surface area contributed by atoms with E-state index in [4.69, 9.17) is 0 Å². The summed E-state index contributed by atoms with van der Waals surface area (Å²) in [5, 5.41) is 3.43. The Morgan fingerprint density at radius 2 is 1.65 bits per heavy atom. The van der Waals surface area contributed by atoms with Crippen molar-refractivity contribution in [1.29, 1.82) is 0 Å². The number of piperidine rings is 1. The smallest absolute Gasteiger partial charge is 0.146 e. The van der Waals surface area contributed by atoms with E-state index in [1.165, 1.54) is 38.9 Å². The molecule has 0 atom stereocenters. The average Bonchev–Trinajstić information content (AvgIpc) is 2.55. The van der Waals surface area contributed by atoms with E-state index in [9.17, 15) is 4.39 Å². The molecule has 1 aromatic carbocycles. The zero-order valence-corrected chi connectivity index (χ0v) is 15.2. The first-order valence-electron chi connectivity index (χ1n) is 8.25. The predicted molar refractivity (Wildman–Crippen MR) is 99.8 cm³/mol. The van der Waals surface area contributed by atoms with E-state index in [-0.39, 0.29) is 30.6 Å². The number of benzene rings is 1. The Hall–Kier alpha value is -0.550. The van der Waals surface area contributed by atoms with E-state index in [1.807, 2.05) is 12.1 Å². The number of para-hydroxylation sites is 1. The lowest BCUT2D eigenvalue weighted by molar-refractivity contribution is 0.224. The molecule has 2 saturated heterocycles. The van der Waals surface area contributed by atoms with E-state index >= 15 is 0 Å². The maximum absolute atomic E-state index is 13.8. The Morgan fingerprint density at radius 1 is 1.00 bits per heavy atom. The first-order valence-corrected chi connectivity index (χ1v) is 8.25. The summed E-state index contributed by atoms with van der Waals surface area (Å²) in [7, 11) is 0. The highest BCUT2D eigenvalue weighted by Crippen LogP contribution is 2.21. The van der Waals surface area contributed by atoms with Gasteiger partial charge in [-0.3, -0.25) is 4.90 Å². The molecule has 0 amide bonds. The Morgan fingerprint density at radius 3 is 2.30 bits per heavy atom. The van der Waals surface area contributed by atoms with Crippen molar-refractivity contribution >= 4 is 30.5 Å². The molecule has 0 saturated carbocycles. The number of hydrogen-bond donors (Lipinski definition) is 1. The largest absolute Gasteiger partial charge is 0.367 e. The van der Waals surface area contributed by atoms with Gasteiger partial charge in [0.1, 0.15) is 5.82 Å². The SMILES string of the molecule is Cl.Cl.Fc1ccccc1N1CCN(CCC2CCNCC2)CC1. The Labute approximate surface area is 151 Å². The van der Waals surface area contributed by atoms with Gasteiger partial charge in [-0.1, -0.05) is 12.1 Å². The molecule has 3 nitrogen and oxygen atoms in total. The summed E-state index contributed by atoms with van der Waals surface area (Å²) in [6.45, 7) is 7.56. The van der Waals surface area contributed by atoms with Crippen molar-refractivity contribution < 1.29 is 4.39 Å². The zero-order valence-electron chi connectivity index (χ0n) is 13.5. The standard InChI is InChI=1S/C17H26FN3.2ClH/c18-16-3-1-2-4-17(16)21-13-11-20(12-14-21)10-7-15-5-8-19-9-6-15;;/h1-4,15,19H,5-14H2;2*1H. The van der Waals surface area contributed by atoms with Gasteiger partial charge in [0, 0.05) is 26.2 Å². The molecule has 23 heavy (non-hydrogen) atoms. The second-order valence-corrected chi connectivity index (χ2v) is 6.26. The molecule has 2 fully saturated rings. The van der Waals surface area contributed by atoms with Crippen LogP contribution in [0.5, 0.6) is 0 Å². The van der Waals surface area contributed by atoms with Crippen LogP contribution >= 0.6 is 24.8 Å². The van der Waals surface area contributed by atoms with Crippen molar-refractivity contribution in [2.24, 2.45) is 5.92 Å². The molecule has 0 radical (unpaired) electrons. The van der Waals surface area contributed by atoms with Crippen molar-refractivity contribution in [3.8, 4) is 0 Å². The second kappa shape index (κ2) is 10.3. The molecule has 0 bridgehead atoms. The first kappa shape index (κ1) is 20.5. The highest BCUT2D eigenvalue weighted by Gasteiger charge is 2.20. The number of piperazine rings is 1. The van der Waals surface area contributed by atoms with Crippen LogP contribution in [0.3, 0.4) is 0 Å². The molecule has 132 valence electrons. The van der Waals surface area contributed by atoms with Gasteiger partial charge in [-0.25, -0.2) is 4.39 Å². The normalized spacial score (nSPS) is 19.8. The van der Waals surface area contributed by atoms with E-state index in [1.54, 1.807) is 12.1 Å². The van der Waals surface area contributed by atoms with E-state index in [2.05, 4.69) is 15.1 Å². The van der Waals surface area contributed by atoms with Crippen molar-refractivity contribution in [3.63, 3.8) is 0 Å². The fourth-order valence-corrected chi connectivity index (χ4v) is 3.46. The highest BCUT2D eigenvalue weighted by atomic mass is 35.5. The van der Waals surface area contributed by atoms with Crippen LogP contribution in [0.4, 0.5) is 10.1 Å². The van der Waals surface area contributed by atoms with Crippen molar-refractivity contribution in [1.82, 2.24) is 10.2 Å². The van der Waals surface area contributed by atoms with Crippen LogP contribution in [-0.2, 0) is 0 Å². The number of hydrogen-bond acceptors (Lipinski definition) is 3. The molecule has 6 heteroatoms. The van der Waals surface area contributed by atoms with Crippen molar-refractivity contribution in [3.05, 3.63) is 30.1 Å². The Balaban J connectivity index is 0.00000132. The van der Waals surface area contributed by atoms with Gasteiger partial charge in [0.25, 0.3) is 0 Å². The van der Waals surface area contributed by atoms with Crippen molar-refractivity contribution in [2.45, 2.75) is 19.3 Å². The van der Waals surface area contributed by atoms with E-state index in [0.29, 0.717) is 0 Å². The predicted octanol–water partition coefficient (Wildman–Crippen LogP) is 3.18. The maximum Gasteiger partial charge on any atom is 0.146 e. The molecule has 2 aliphatic heterocycles. The van der Waals surface area contributed by atoms with Crippen LogP contribution in [0.1, 0.15) is 19.3 Å². The summed E-state index contributed by atoms with van der Waals surface area (Å²) >= 11 is 0. The van der Waals surface area contributed by atoms with Crippen LogP contribution in [0, 0.1) is 11.7 Å². The molecule has 1 N–H and O–H groups in total. The maximum atomic E-state index is 13.8. The Kier molecular flexibility index (Phi) is 9.22. The van der Waals surface area contributed by atoms with Crippen LogP contribution in [0.2, 0.25) is 0 Å². The number of nitrogens with one attached hydrogen (secondary N) is 1. The third-order valence-electron chi connectivity index (χ3n) is 4.88. The highest BCUT2D eigenvalue weighted by molar-refractivity contribution is 5.85. The quantitative estimate of drug-likeness (QED) is 0.885. The third-order valence-corrected chi connectivity index (χ3v) is 4.88. The van der Waals surface area contributed by atoms with E-state index < -0.39 is 0 Å². The second-order valence-electron chi connectivity index (χ2n) is 6.26. The lowest BCUT2D eigenvalue weighted by Crippen LogP contribution is -2.47. The van der Waals surface area contributed by atoms with Gasteiger partial charge >= 0.3 is 0 Å². The summed E-state index contributed by atoms with van der Waals surface area (Å²) in [4.78, 5) is 4.72. The molecular weight excluding hydrogens is 336 g/mol. The fraction of sp³-hybridized carbons (Fsp3) is 0.647. The molecule has 0 aromatic heterocycles. The fourth-order valence-electron chi connectivity index (χ4n) is 3.46. The van der Waals surface area contributed by atoms with Gasteiger partial charge in [-0.2, -0.15) is 0 Å². The van der Waals surface area contributed by atoms with Gasteiger partial charge < -0.3 is 10.2 Å². The van der Waals surface area contributed by atoms with Crippen LogP contribution < -0.4 is 10.2 Å². The summed E-state index contributed by atoms with van der Waals surface area (Å²) in [6, 6.07) is 7.12. The number of halogens is 3. The molecule has 2 heterocycles. The third kappa shape index (κ3) is 5.79. The summed E-state index contributed by atoms with van der Waals surface area (Å²) in [5.41, 5.74) is 0.760. The number of anilines is 1. The van der Waals surface area contributed by atoms with Crippen LogP contribution in [-0.4, -0.2) is 50.7 Å². The van der Waals surface area contributed by atoms with Crippen LogP contribution in [0.15, 0.2) is 24.3 Å². The average molecular weight is 364 g/mol. The summed E-state index contributed by atoms with van der Waals surface area (Å²) < 4.78 is 13.8. The van der Waals surface area contributed by atoms with E-state index in [0.717, 1.165) is 37.8 Å². The minimum absolute atomic E-state index is 0. The zero-order chi connectivity index (χ0) is 14.5. The molecule has 2 aliphatic rings. The van der Waals surface area contributed by atoms with Crippen molar-refractivity contribution in [2.75, 3.05) is 50.7 Å². The van der Waals surface area contributed by atoms with Gasteiger partial charge in [0.15, 0.2) is 0 Å². The van der Waals surface area contributed by atoms with Gasteiger partial charge in [-0.05, 0) is 56.9 Å². The minimum atomic E-state index is -0.0966. The number of rotatable bonds is 4. The minimum Gasteiger partial charge on any atom is -0.367 e. The summed E-state index contributed by atoms with van der Waals surface area (Å²) in [6.07, 6.45) is 3.98. The summed E-state index contributed by atoms with van der Waals surface area (Å²) in [5.74, 6) is 0.802. The molecule has 1 aromatic rings. The monoisotopic (exact) mass is 363 g/mol. The first-order chi connectivity index (χ1) is 10.3. The van der Waals surface area contributed by atoms with Gasteiger partial charge in [0.05, 0.1) is 5.69 Å². The lowest BCUT2D eigenvalue weighted by atomic mass is 9.94. The molecule has 0 unspecified atom stereocenters. The number of nitrogens with zero attached hydrogens (tertiary/aromatic N) is 2. The lowest BCUT2D eigenvalue weighted by Gasteiger charge is -2.37. The Bertz CT molecular complexity index is 447. The molecular formula is C17H28Cl2FN3.